The lowest BCUT2D eigenvalue weighted by molar-refractivity contribution is 0.758. The summed E-state index contributed by atoms with van der Waals surface area (Å²) in [6.45, 7) is 7.17. The van der Waals surface area contributed by atoms with E-state index in [2.05, 4.69) is 189 Å². The van der Waals surface area contributed by atoms with Crippen LogP contribution in [0.15, 0.2) is 173 Å². The van der Waals surface area contributed by atoms with Gasteiger partial charge in [0.1, 0.15) is 0 Å². The summed E-state index contributed by atoms with van der Waals surface area (Å²) in [4.78, 5) is 5.48. The average molecular weight is 652 g/mol. The van der Waals surface area contributed by atoms with E-state index in [4.69, 9.17) is 0 Å². The summed E-state index contributed by atoms with van der Waals surface area (Å²) < 4.78 is 0. The third-order valence-corrected chi connectivity index (χ3v) is 15.8. The Bertz CT molecular complexity index is 2210. The normalized spacial score (nSPS) is 19.6. The quantitative estimate of drug-likeness (QED) is 0.173. The van der Waals surface area contributed by atoms with Gasteiger partial charge >= 0.3 is 0 Å². The van der Waals surface area contributed by atoms with Gasteiger partial charge in [-0.3, -0.25) is 0 Å². The van der Waals surface area contributed by atoms with Crippen LogP contribution >= 0.6 is 10.0 Å². The Labute approximate surface area is 292 Å². The van der Waals surface area contributed by atoms with Crippen molar-refractivity contribution in [2.75, 3.05) is 4.90 Å². The van der Waals surface area contributed by atoms with Gasteiger partial charge in [0.2, 0.25) is 0 Å². The number of fused-ring (bicyclic) bond motifs is 3. The molecular weight excluding hydrogens is 611 g/mol. The zero-order valence-electron chi connectivity index (χ0n) is 28.4. The lowest BCUT2D eigenvalue weighted by Crippen LogP contribution is -2.25. The molecule has 0 saturated carbocycles. The summed E-state index contributed by atoms with van der Waals surface area (Å²) in [5.74, 6) is 0. The zero-order valence-corrected chi connectivity index (χ0v) is 29.2. The number of nitrogens with zero attached hydrogens (tertiary/aromatic N) is 1. The van der Waals surface area contributed by atoms with Crippen molar-refractivity contribution in [2.24, 2.45) is 0 Å². The summed E-state index contributed by atoms with van der Waals surface area (Å²) in [7, 11) is -1.80. The van der Waals surface area contributed by atoms with E-state index in [1.807, 2.05) is 0 Å². The van der Waals surface area contributed by atoms with E-state index in [1.54, 1.807) is 0 Å². The molecule has 1 nitrogen and oxygen atoms in total. The number of rotatable bonds is 6. The van der Waals surface area contributed by atoms with Gasteiger partial charge in [-0.15, -0.1) is 0 Å². The highest BCUT2D eigenvalue weighted by Crippen LogP contribution is 2.83. The predicted molar refractivity (Wildman–Crippen MR) is 210 cm³/mol. The Morgan fingerprint density at radius 1 is 0.510 bits per heavy atom. The fourth-order valence-electron chi connectivity index (χ4n) is 9.13. The number of anilines is 2. The van der Waals surface area contributed by atoms with Crippen LogP contribution in [0.1, 0.15) is 59.1 Å². The minimum atomic E-state index is -1.80. The highest BCUT2D eigenvalue weighted by atomic mass is 32.3. The van der Waals surface area contributed by atoms with Crippen LogP contribution in [0.3, 0.4) is 0 Å². The van der Waals surface area contributed by atoms with E-state index in [9.17, 15) is 0 Å². The standard InChI is InChI=1S/C47H41NS/c1-32-29-42-39(35-17-7-4-8-18-35)24-15-25-40(42)46(32)49(37-20-9-5-10-21-37,38-22-11-6-12-23-38)47-33(2)30-43-41(47)26-16-28-45(43)48-34(3)31-36-19-13-14-27-44(36)48/h4-30,34,46-47H,31H2,1-3H3. The molecule has 2 heteroatoms. The minimum absolute atomic E-state index is 0.208. The van der Waals surface area contributed by atoms with Crippen molar-refractivity contribution < 1.29 is 0 Å². The van der Waals surface area contributed by atoms with Crippen molar-refractivity contribution in [1.29, 1.82) is 0 Å². The molecule has 2 aliphatic carbocycles. The predicted octanol–water partition coefficient (Wildman–Crippen LogP) is 13.0. The maximum absolute atomic E-state index is 2.60. The Kier molecular flexibility index (Phi) is 7.25. The van der Waals surface area contributed by atoms with Crippen molar-refractivity contribution >= 4 is 33.6 Å². The van der Waals surface area contributed by atoms with Gasteiger partial charge in [-0.25, -0.2) is 0 Å². The summed E-state index contributed by atoms with van der Waals surface area (Å²) in [5, 5.41) is 0.422. The SMILES string of the molecule is CC1=Cc2c(-c3ccccc3)cccc2C1S(c1ccccc1)(c1ccccc1)C1C(C)=Cc2c1cccc2N1c2ccccc2CC1C. The topological polar surface area (TPSA) is 3.24 Å². The maximum Gasteiger partial charge on any atom is 0.0490 e. The molecule has 0 N–H and O–H groups in total. The molecule has 1 aliphatic heterocycles. The van der Waals surface area contributed by atoms with Gasteiger partial charge in [-0.1, -0.05) is 139 Å². The van der Waals surface area contributed by atoms with Gasteiger partial charge in [-0.05, 0) is 107 Å². The molecule has 0 aromatic heterocycles. The molecule has 6 aromatic carbocycles. The summed E-state index contributed by atoms with van der Waals surface area (Å²) in [5.41, 5.74) is 15.3. The van der Waals surface area contributed by atoms with Crippen LogP contribution in [-0.4, -0.2) is 6.04 Å². The van der Waals surface area contributed by atoms with Gasteiger partial charge in [-0.2, -0.15) is 10.0 Å². The third-order valence-electron chi connectivity index (χ3n) is 11.0. The highest BCUT2D eigenvalue weighted by Gasteiger charge is 2.50. The fourth-order valence-corrected chi connectivity index (χ4v) is 14.5. The van der Waals surface area contributed by atoms with E-state index in [0.717, 1.165) is 6.42 Å². The van der Waals surface area contributed by atoms with Gasteiger partial charge in [0.15, 0.2) is 0 Å². The Balaban J connectivity index is 1.32. The number of benzene rings is 6. The van der Waals surface area contributed by atoms with Crippen LogP contribution < -0.4 is 4.90 Å². The van der Waals surface area contributed by atoms with E-state index >= 15 is 0 Å². The van der Waals surface area contributed by atoms with Crippen LogP contribution in [0.2, 0.25) is 0 Å². The first-order valence-corrected chi connectivity index (χ1v) is 19.3. The Morgan fingerprint density at radius 3 is 1.67 bits per heavy atom. The molecular formula is C47H41NS. The van der Waals surface area contributed by atoms with E-state index < -0.39 is 10.0 Å². The van der Waals surface area contributed by atoms with E-state index in [0.29, 0.717) is 6.04 Å². The Morgan fingerprint density at radius 2 is 1.02 bits per heavy atom. The van der Waals surface area contributed by atoms with Gasteiger partial charge in [0, 0.05) is 33.5 Å². The smallest absolute Gasteiger partial charge is 0.0490 e. The molecule has 0 radical (unpaired) electrons. The monoisotopic (exact) mass is 651 g/mol. The average Bonchev–Trinajstić information content (AvgIpc) is 3.79. The third kappa shape index (κ3) is 4.54. The molecule has 0 bridgehead atoms. The second kappa shape index (κ2) is 11.8. The first kappa shape index (κ1) is 30.0. The van der Waals surface area contributed by atoms with Crippen LogP contribution in [0.4, 0.5) is 11.4 Å². The summed E-state index contributed by atoms with van der Waals surface area (Å²) in [6, 6.07) is 57.5. The molecule has 49 heavy (non-hydrogen) atoms. The zero-order chi connectivity index (χ0) is 33.1. The molecule has 6 aromatic rings. The van der Waals surface area contributed by atoms with E-state index in [-0.39, 0.29) is 10.5 Å². The molecule has 0 saturated heterocycles. The molecule has 3 aliphatic rings. The lowest BCUT2D eigenvalue weighted by Gasteiger charge is -2.52. The molecule has 1 heterocycles. The fraction of sp³-hybridized carbons (Fsp3) is 0.149. The molecule has 0 fully saturated rings. The first-order valence-electron chi connectivity index (χ1n) is 17.5. The second-order valence-corrected chi connectivity index (χ2v) is 17.2. The van der Waals surface area contributed by atoms with Crippen molar-refractivity contribution in [2.45, 2.75) is 53.5 Å². The van der Waals surface area contributed by atoms with E-state index in [1.165, 1.54) is 71.3 Å². The van der Waals surface area contributed by atoms with Crippen molar-refractivity contribution in [3.63, 3.8) is 0 Å². The summed E-state index contributed by atoms with van der Waals surface area (Å²) in [6.07, 6.45) is 6.11. The van der Waals surface area contributed by atoms with Crippen LogP contribution in [0.5, 0.6) is 0 Å². The first-order chi connectivity index (χ1) is 24.1. The van der Waals surface area contributed by atoms with Gasteiger partial charge < -0.3 is 4.90 Å². The van der Waals surface area contributed by atoms with Gasteiger partial charge in [0.05, 0.1) is 0 Å². The second-order valence-electron chi connectivity index (χ2n) is 13.9. The largest absolute Gasteiger partial charge is 0.338 e. The molecule has 9 rings (SSSR count). The molecule has 240 valence electrons. The number of hydrogen-bond donors (Lipinski definition) is 0. The molecule has 0 amide bonds. The van der Waals surface area contributed by atoms with Crippen LogP contribution in [0.25, 0.3) is 23.3 Å². The van der Waals surface area contributed by atoms with Crippen molar-refractivity contribution in [1.82, 2.24) is 0 Å². The lowest BCUT2D eigenvalue weighted by atomic mass is 9.97. The van der Waals surface area contributed by atoms with Gasteiger partial charge in [0.25, 0.3) is 0 Å². The molecule has 3 atom stereocenters. The van der Waals surface area contributed by atoms with Crippen molar-refractivity contribution in [3.8, 4) is 11.1 Å². The van der Waals surface area contributed by atoms with Crippen LogP contribution in [0, 0.1) is 0 Å². The maximum atomic E-state index is 2.60. The highest BCUT2D eigenvalue weighted by molar-refractivity contribution is 8.34. The number of para-hydroxylation sites is 1. The molecule has 3 unspecified atom stereocenters. The minimum Gasteiger partial charge on any atom is -0.338 e. The van der Waals surface area contributed by atoms with Crippen molar-refractivity contribution in [3.05, 3.63) is 191 Å². The Hall–Kier alpha value is -5.05. The molecule has 0 spiro atoms. The van der Waals surface area contributed by atoms with Crippen LogP contribution in [-0.2, 0) is 6.42 Å². The number of hydrogen-bond acceptors (Lipinski definition) is 1. The summed E-state index contributed by atoms with van der Waals surface area (Å²) >= 11 is 0.